The zero-order valence-corrected chi connectivity index (χ0v) is 14.7. The predicted octanol–water partition coefficient (Wildman–Crippen LogP) is 0.617. The average molecular weight is 349 g/mol. The Balaban J connectivity index is 1.39. The molecule has 0 aliphatic carbocycles. The predicted molar refractivity (Wildman–Crippen MR) is 94.8 cm³/mol. The summed E-state index contributed by atoms with van der Waals surface area (Å²) in [5, 5.41) is 5.93. The number of piperidine rings is 1. The van der Waals surface area contributed by atoms with Crippen LogP contribution in [0, 0.1) is 0 Å². The molecule has 2 fully saturated rings. The van der Waals surface area contributed by atoms with E-state index in [1.165, 1.54) is 4.57 Å². The van der Waals surface area contributed by atoms with E-state index >= 15 is 0 Å². The van der Waals surface area contributed by atoms with Crippen molar-refractivity contribution in [3.8, 4) is 0 Å². The van der Waals surface area contributed by atoms with E-state index < -0.39 is 0 Å². The van der Waals surface area contributed by atoms with Crippen LogP contribution in [0.1, 0.15) is 32.1 Å². The first-order valence-electron chi connectivity index (χ1n) is 9.06. The van der Waals surface area contributed by atoms with Gasteiger partial charge in [-0.3, -0.25) is 4.79 Å². The van der Waals surface area contributed by atoms with Crippen molar-refractivity contribution in [3.05, 3.63) is 22.7 Å². The van der Waals surface area contributed by atoms with Gasteiger partial charge in [-0.05, 0) is 32.1 Å². The van der Waals surface area contributed by atoms with Gasteiger partial charge in [-0.2, -0.15) is 0 Å². The lowest BCUT2D eigenvalue weighted by molar-refractivity contribution is 0.104. The highest BCUT2D eigenvalue weighted by Crippen LogP contribution is 2.15. The van der Waals surface area contributed by atoms with Crippen molar-refractivity contribution in [1.82, 2.24) is 20.2 Å². The molecule has 3 heterocycles. The van der Waals surface area contributed by atoms with Gasteiger partial charge >= 0.3 is 6.03 Å². The molecule has 3 rings (SSSR count). The molecule has 0 spiro atoms. The second-order valence-electron chi connectivity index (χ2n) is 6.75. The van der Waals surface area contributed by atoms with E-state index in [1.807, 2.05) is 4.90 Å². The number of nitrogens with zero attached hydrogens (tertiary/aromatic N) is 3. The molecule has 1 atom stereocenters. The second kappa shape index (κ2) is 8.33. The largest absolute Gasteiger partial charge is 0.378 e. The van der Waals surface area contributed by atoms with E-state index in [9.17, 15) is 9.59 Å². The highest BCUT2D eigenvalue weighted by Gasteiger charge is 2.23. The molecule has 0 saturated carbocycles. The van der Waals surface area contributed by atoms with E-state index in [1.54, 1.807) is 19.4 Å². The van der Waals surface area contributed by atoms with Crippen LogP contribution >= 0.6 is 0 Å². The number of aromatic nitrogens is 2. The minimum atomic E-state index is -0.120. The van der Waals surface area contributed by atoms with E-state index in [4.69, 9.17) is 4.74 Å². The Morgan fingerprint density at radius 1 is 1.36 bits per heavy atom. The van der Waals surface area contributed by atoms with E-state index in [2.05, 4.69) is 15.6 Å². The SMILES string of the molecule is Cn1ccnc(N2CCC(NC(=O)NCC[C@@H]3CCCO3)CC2)c1=O. The minimum absolute atomic E-state index is 0.0826. The van der Waals surface area contributed by atoms with Crippen molar-refractivity contribution >= 4 is 11.8 Å². The molecule has 1 aromatic heterocycles. The zero-order valence-electron chi connectivity index (χ0n) is 14.7. The van der Waals surface area contributed by atoms with Crippen LogP contribution in [0.2, 0.25) is 0 Å². The molecule has 0 aromatic carbocycles. The third-order valence-electron chi connectivity index (χ3n) is 4.90. The molecule has 2 aliphatic rings. The Morgan fingerprint density at radius 2 is 2.16 bits per heavy atom. The molecule has 2 amide bonds. The number of aryl methyl sites for hydroxylation is 1. The second-order valence-corrected chi connectivity index (χ2v) is 6.75. The van der Waals surface area contributed by atoms with E-state index in [0.29, 0.717) is 31.6 Å². The molecule has 8 heteroatoms. The lowest BCUT2D eigenvalue weighted by atomic mass is 10.1. The van der Waals surface area contributed by atoms with Crippen LogP contribution in [0.5, 0.6) is 0 Å². The van der Waals surface area contributed by atoms with Gasteiger partial charge in [0, 0.05) is 51.7 Å². The Hall–Kier alpha value is -2.09. The van der Waals surface area contributed by atoms with E-state index in [-0.39, 0.29) is 17.6 Å². The molecular formula is C17H27N5O3. The fraction of sp³-hybridized carbons (Fsp3) is 0.706. The van der Waals surface area contributed by atoms with Crippen LogP contribution in [0.3, 0.4) is 0 Å². The molecular weight excluding hydrogens is 322 g/mol. The molecule has 25 heavy (non-hydrogen) atoms. The first-order chi connectivity index (χ1) is 12.1. The number of carbonyl (C=O) groups is 1. The summed E-state index contributed by atoms with van der Waals surface area (Å²) >= 11 is 0. The lowest BCUT2D eigenvalue weighted by Crippen LogP contribution is -2.49. The van der Waals surface area contributed by atoms with Gasteiger partial charge in [0.25, 0.3) is 5.56 Å². The van der Waals surface area contributed by atoms with Gasteiger partial charge in [0.05, 0.1) is 6.10 Å². The number of amides is 2. The smallest absolute Gasteiger partial charge is 0.315 e. The van der Waals surface area contributed by atoms with Gasteiger partial charge in [-0.1, -0.05) is 0 Å². The third kappa shape index (κ3) is 4.72. The number of nitrogens with one attached hydrogen (secondary N) is 2. The molecule has 0 unspecified atom stereocenters. The van der Waals surface area contributed by atoms with Crippen LogP contribution in [0.4, 0.5) is 10.6 Å². The molecule has 2 saturated heterocycles. The average Bonchev–Trinajstić information content (AvgIpc) is 3.12. The quantitative estimate of drug-likeness (QED) is 0.813. The number of carbonyl (C=O) groups excluding carboxylic acids is 1. The van der Waals surface area contributed by atoms with Gasteiger partial charge in [0.15, 0.2) is 5.82 Å². The summed E-state index contributed by atoms with van der Waals surface area (Å²) in [7, 11) is 1.72. The van der Waals surface area contributed by atoms with Gasteiger partial charge in [-0.25, -0.2) is 9.78 Å². The summed E-state index contributed by atoms with van der Waals surface area (Å²) in [6.07, 6.45) is 8.28. The summed E-state index contributed by atoms with van der Waals surface area (Å²) in [6, 6.07) is 0.0109. The first-order valence-corrected chi connectivity index (χ1v) is 9.06. The number of hydrogen-bond donors (Lipinski definition) is 2. The van der Waals surface area contributed by atoms with Crippen molar-refractivity contribution in [2.24, 2.45) is 7.05 Å². The maximum Gasteiger partial charge on any atom is 0.315 e. The molecule has 0 bridgehead atoms. The fourth-order valence-corrected chi connectivity index (χ4v) is 3.39. The number of rotatable bonds is 5. The van der Waals surface area contributed by atoms with Gasteiger partial charge in [-0.15, -0.1) is 0 Å². The highest BCUT2D eigenvalue weighted by atomic mass is 16.5. The monoisotopic (exact) mass is 349 g/mol. The molecule has 8 nitrogen and oxygen atoms in total. The topological polar surface area (TPSA) is 88.5 Å². The van der Waals surface area contributed by atoms with Crippen LogP contribution in [0.15, 0.2) is 17.2 Å². The third-order valence-corrected chi connectivity index (χ3v) is 4.90. The summed E-state index contributed by atoms with van der Waals surface area (Å²) in [4.78, 5) is 30.3. The van der Waals surface area contributed by atoms with Gasteiger partial charge in [0.1, 0.15) is 0 Å². The minimum Gasteiger partial charge on any atom is -0.378 e. The Bertz CT molecular complexity index is 633. The maximum absolute atomic E-state index is 12.1. The van der Waals surface area contributed by atoms with Crippen LogP contribution < -0.4 is 21.1 Å². The van der Waals surface area contributed by atoms with Gasteiger partial charge < -0.3 is 24.8 Å². The first kappa shape index (κ1) is 17.7. The van der Waals surface area contributed by atoms with Crippen molar-refractivity contribution < 1.29 is 9.53 Å². The Kier molecular flexibility index (Phi) is 5.91. The molecule has 1 aromatic rings. The molecule has 0 radical (unpaired) electrons. The summed E-state index contributed by atoms with van der Waals surface area (Å²) in [5.41, 5.74) is -0.0826. The van der Waals surface area contributed by atoms with Crippen LogP contribution in [-0.2, 0) is 11.8 Å². The fourth-order valence-electron chi connectivity index (χ4n) is 3.39. The van der Waals surface area contributed by atoms with Crippen molar-refractivity contribution in [2.45, 2.75) is 44.2 Å². The highest BCUT2D eigenvalue weighted by molar-refractivity contribution is 5.74. The summed E-state index contributed by atoms with van der Waals surface area (Å²) in [5.74, 6) is 0.490. The lowest BCUT2D eigenvalue weighted by Gasteiger charge is -2.32. The number of ether oxygens (including phenoxy) is 1. The standard InChI is InChI=1S/C17H27N5O3/c1-21-11-8-18-15(16(21)23)22-9-5-13(6-10-22)20-17(24)19-7-4-14-3-2-12-25-14/h8,11,13-14H,2-7,9-10,12H2,1H3,(H2,19,20,24)/t14-/m0/s1. The maximum atomic E-state index is 12.1. The van der Waals surface area contributed by atoms with Crippen molar-refractivity contribution in [2.75, 3.05) is 31.1 Å². The number of anilines is 1. The Morgan fingerprint density at radius 3 is 2.88 bits per heavy atom. The molecule has 138 valence electrons. The van der Waals surface area contributed by atoms with Gasteiger partial charge in [0.2, 0.25) is 0 Å². The Labute approximate surface area is 147 Å². The number of urea groups is 1. The molecule has 2 N–H and O–H groups in total. The van der Waals surface area contributed by atoms with Crippen molar-refractivity contribution in [3.63, 3.8) is 0 Å². The van der Waals surface area contributed by atoms with E-state index in [0.717, 1.165) is 38.7 Å². The molecule has 2 aliphatic heterocycles. The van der Waals surface area contributed by atoms with Crippen LogP contribution in [-0.4, -0.2) is 54.0 Å². The summed E-state index contributed by atoms with van der Waals surface area (Å²) < 4.78 is 7.08. The number of hydrogen-bond acceptors (Lipinski definition) is 5. The zero-order chi connectivity index (χ0) is 17.6. The van der Waals surface area contributed by atoms with Crippen molar-refractivity contribution in [1.29, 1.82) is 0 Å². The van der Waals surface area contributed by atoms with Crippen LogP contribution in [0.25, 0.3) is 0 Å². The normalized spacial score (nSPS) is 21.3. The summed E-state index contributed by atoms with van der Waals surface area (Å²) in [6.45, 7) is 2.91.